The van der Waals surface area contributed by atoms with Gasteiger partial charge in [0, 0.05) is 23.5 Å². The Balaban J connectivity index is 1.66. The van der Waals surface area contributed by atoms with Crippen LogP contribution in [0.15, 0.2) is 52.0 Å². The summed E-state index contributed by atoms with van der Waals surface area (Å²) in [4.78, 5) is 15.7. The maximum atomic E-state index is 12.3. The van der Waals surface area contributed by atoms with Crippen molar-refractivity contribution in [2.45, 2.75) is 10.5 Å². The van der Waals surface area contributed by atoms with Crippen molar-refractivity contribution >= 4 is 23.7 Å². The predicted molar refractivity (Wildman–Crippen MR) is 90.4 cm³/mol. The van der Waals surface area contributed by atoms with Crippen molar-refractivity contribution in [2.24, 2.45) is 0 Å². The molecule has 140 valence electrons. The summed E-state index contributed by atoms with van der Waals surface area (Å²) in [5, 5.41) is 9.64. The molecule has 3 aromatic rings. The largest absolute Gasteiger partial charge is 0.497 e. The first-order valence-electron chi connectivity index (χ1n) is 7.35. The van der Waals surface area contributed by atoms with Gasteiger partial charge in [-0.25, -0.2) is 4.98 Å². The van der Waals surface area contributed by atoms with E-state index in [1.807, 2.05) is 0 Å². The van der Waals surface area contributed by atoms with E-state index in [-0.39, 0.29) is 34.3 Å². The lowest BCUT2D eigenvalue weighted by Gasteiger charge is -2.05. The second kappa shape index (κ2) is 7.66. The number of hydrogen-bond acceptors (Lipinski definition) is 7. The summed E-state index contributed by atoms with van der Waals surface area (Å²) >= 11 is -0.364. The van der Waals surface area contributed by atoms with Gasteiger partial charge in [-0.05, 0) is 36.4 Å². The van der Waals surface area contributed by atoms with Crippen LogP contribution >= 0.6 is 11.8 Å². The first-order valence-corrected chi connectivity index (χ1v) is 8.17. The van der Waals surface area contributed by atoms with E-state index in [0.717, 1.165) is 12.3 Å². The highest BCUT2D eigenvalue weighted by molar-refractivity contribution is 8.00. The molecule has 1 aromatic carbocycles. The molecule has 7 nitrogen and oxygen atoms in total. The number of thioether (sulfide) groups is 1. The number of halogens is 3. The van der Waals surface area contributed by atoms with Crippen LogP contribution in [-0.4, -0.2) is 33.7 Å². The lowest BCUT2D eigenvalue weighted by Crippen LogP contribution is -2.12. The standard InChI is InChI=1S/C16H11F3N4O3S/c1-25-11-5-2-9(3-6-11)14-22-23-15(26-14)21-13(24)10-4-7-12(20-8-10)27-16(17,18)19/h2-8H,1H3,(H,21,23,24). The minimum Gasteiger partial charge on any atom is -0.497 e. The zero-order chi connectivity index (χ0) is 19.4. The lowest BCUT2D eigenvalue weighted by atomic mass is 10.2. The van der Waals surface area contributed by atoms with Gasteiger partial charge >= 0.3 is 11.5 Å². The number of benzene rings is 1. The number of aromatic nitrogens is 3. The molecule has 1 N–H and O–H groups in total. The Kier molecular flexibility index (Phi) is 5.31. The molecule has 0 radical (unpaired) electrons. The number of amides is 1. The summed E-state index contributed by atoms with van der Waals surface area (Å²) in [6, 6.07) is 9.01. The molecule has 0 aliphatic heterocycles. The summed E-state index contributed by atoms with van der Waals surface area (Å²) in [6.45, 7) is 0. The Hall–Kier alpha value is -3.08. The number of alkyl halides is 3. The van der Waals surface area contributed by atoms with Crippen molar-refractivity contribution in [3.05, 3.63) is 48.2 Å². The van der Waals surface area contributed by atoms with E-state index in [0.29, 0.717) is 11.3 Å². The van der Waals surface area contributed by atoms with Crippen LogP contribution in [0.4, 0.5) is 19.2 Å². The molecule has 0 aliphatic rings. The van der Waals surface area contributed by atoms with Crippen molar-refractivity contribution in [3.8, 4) is 17.2 Å². The van der Waals surface area contributed by atoms with Gasteiger partial charge < -0.3 is 9.15 Å². The maximum absolute atomic E-state index is 12.3. The first kappa shape index (κ1) is 18.7. The highest BCUT2D eigenvalue weighted by Gasteiger charge is 2.30. The molecule has 0 aliphatic carbocycles. The van der Waals surface area contributed by atoms with Crippen LogP contribution in [0.3, 0.4) is 0 Å². The molecule has 0 spiro atoms. The number of methoxy groups -OCH3 is 1. The number of anilines is 1. The van der Waals surface area contributed by atoms with Crippen LogP contribution in [0.2, 0.25) is 0 Å². The number of rotatable bonds is 5. The van der Waals surface area contributed by atoms with Gasteiger partial charge in [-0.15, -0.1) is 5.10 Å². The molecule has 0 saturated heterocycles. The van der Waals surface area contributed by atoms with Crippen molar-refractivity contribution in [3.63, 3.8) is 0 Å². The molecule has 1 amide bonds. The molecule has 0 bridgehead atoms. The fraction of sp³-hybridized carbons (Fsp3) is 0.125. The third kappa shape index (κ3) is 4.97. The zero-order valence-electron chi connectivity index (χ0n) is 13.6. The summed E-state index contributed by atoms with van der Waals surface area (Å²) < 4.78 is 47.3. The molecular weight excluding hydrogens is 385 g/mol. The van der Waals surface area contributed by atoms with Crippen LogP contribution in [0.5, 0.6) is 5.75 Å². The smallest absolute Gasteiger partial charge is 0.447 e. The van der Waals surface area contributed by atoms with Crippen molar-refractivity contribution in [2.75, 3.05) is 12.4 Å². The Morgan fingerprint density at radius 1 is 1.15 bits per heavy atom. The Morgan fingerprint density at radius 3 is 2.48 bits per heavy atom. The van der Waals surface area contributed by atoms with Gasteiger partial charge in [0.2, 0.25) is 5.89 Å². The van der Waals surface area contributed by atoms with Gasteiger partial charge in [-0.2, -0.15) is 13.2 Å². The average molecular weight is 396 g/mol. The number of carbonyl (C=O) groups excluding carboxylic acids is 1. The summed E-state index contributed by atoms with van der Waals surface area (Å²) in [5.41, 5.74) is -3.78. The minimum atomic E-state index is -4.45. The Morgan fingerprint density at radius 2 is 1.89 bits per heavy atom. The van der Waals surface area contributed by atoms with Gasteiger partial charge in [-0.3, -0.25) is 10.1 Å². The number of nitrogens with zero attached hydrogens (tertiary/aromatic N) is 3. The first-order chi connectivity index (χ1) is 12.8. The molecule has 11 heteroatoms. The third-order valence-corrected chi connectivity index (χ3v) is 3.88. The van der Waals surface area contributed by atoms with Crippen molar-refractivity contribution in [1.82, 2.24) is 15.2 Å². The fourth-order valence-corrected chi connectivity index (χ4v) is 2.47. The fourth-order valence-electron chi connectivity index (χ4n) is 1.99. The molecular formula is C16H11F3N4O3S. The van der Waals surface area contributed by atoms with Gasteiger partial charge in [0.25, 0.3) is 5.91 Å². The van der Waals surface area contributed by atoms with Crippen molar-refractivity contribution < 1.29 is 27.1 Å². The normalized spacial score (nSPS) is 11.3. The minimum absolute atomic E-state index is 0.0470. The molecule has 2 aromatic heterocycles. The average Bonchev–Trinajstić information content (AvgIpc) is 3.09. The van der Waals surface area contributed by atoms with Crippen LogP contribution in [-0.2, 0) is 0 Å². The number of nitrogens with one attached hydrogen (secondary N) is 1. The summed E-state index contributed by atoms with van der Waals surface area (Å²) in [6.07, 6.45) is 1.03. The topological polar surface area (TPSA) is 90.1 Å². The number of pyridine rings is 1. The predicted octanol–water partition coefficient (Wildman–Crippen LogP) is 4.00. The summed E-state index contributed by atoms with van der Waals surface area (Å²) in [7, 11) is 1.54. The van der Waals surface area contributed by atoms with Gasteiger partial charge in [-0.1, -0.05) is 5.10 Å². The van der Waals surface area contributed by atoms with Crippen LogP contribution in [0, 0.1) is 0 Å². The number of hydrogen-bond donors (Lipinski definition) is 1. The Bertz CT molecular complexity index is 927. The van der Waals surface area contributed by atoms with Gasteiger partial charge in [0.05, 0.1) is 12.7 Å². The molecule has 0 fully saturated rings. The SMILES string of the molecule is COc1ccc(-c2nnc(NC(=O)c3ccc(SC(F)(F)F)nc3)o2)cc1. The highest BCUT2D eigenvalue weighted by atomic mass is 32.2. The van der Waals surface area contributed by atoms with E-state index in [9.17, 15) is 18.0 Å². The van der Waals surface area contributed by atoms with Gasteiger partial charge in [0.15, 0.2) is 0 Å². The van der Waals surface area contributed by atoms with Crippen LogP contribution < -0.4 is 10.1 Å². The molecule has 27 heavy (non-hydrogen) atoms. The zero-order valence-corrected chi connectivity index (χ0v) is 14.5. The van der Waals surface area contributed by atoms with E-state index in [4.69, 9.17) is 9.15 Å². The molecule has 0 atom stereocenters. The van der Waals surface area contributed by atoms with E-state index < -0.39 is 11.4 Å². The van der Waals surface area contributed by atoms with Crippen LogP contribution in [0.1, 0.15) is 10.4 Å². The van der Waals surface area contributed by atoms with Crippen LogP contribution in [0.25, 0.3) is 11.5 Å². The second-order valence-corrected chi connectivity index (χ2v) is 6.11. The van der Waals surface area contributed by atoms with Crippen molar-refractivity contribution in [1.29, 1.82) is 0 Å². The van der Waals surface area contributed by atoms with E-state index in [1.54, 1.807) is 31.4 Å². The highest BCUT2D eigenvalue weighted by Crippen LogP contribution is 2.35. The summed E-state index contributed by atoms with van der Waals surface area (Å²) in [5.74, 6) is 0.199. The second-order valence-electron chi connectivity index (χ2n) is 5.03. The lowest BCUT2D eigenvalue weighted by molar-refractivity contribution is -0.0329. The molecule has 2 heterocycles. The molecule has 3 rings (SSSR count). The Labute approximate surface area is 155 Å². The maximum Gasteiger partial charge on any atom is 0.447 e. The molecule has 0 saturated carbocycles. The quantitative estimate of drug-likeness (QED) is 0.652. The third-order valence-electron chi connectivity index (χ3n) is 3.20. The van der Waals surface area contributed by atoms with E-state index in [2.05, 4.69) is 20.5 Å². The number of carbonyl (C=O) groups is 1. The van der Waals surface area contributed by atoms with Gasteiger partial charge in [0.1, 0.15) is 10.8 Å². The molecule has 0 unspecified atom stereocenters. The monoisotopic (exact) mass is 396 g/mol. The van der Waals surface area contributed by atoms with E-state index >= 15 is 0 Å². The van der Waals surface area contributed by atoms with E-state index in [1.165, 1.54) is 6.07 Å². The number of ether oxygens (including phenoxy) is 1.